The quantitative estimate of drug-likeness (QED) is 0.491. The van der Waals surface area contributed by atoms with Gasteiger partial charge in [-0.3, -0.25) is 0 Å². The molecule has 0 unspecified atom stereocenters. The van der Waals surface area contributed by atoms with E-state index < -0.39 is 23.2 Å². The molecule has 0 aliphatic heterocycles. The van der Waals surface area contributed by atoms with Gasteiger partial charge in [-0.2, -0.15) is 0 Å². The predicted octanol–water partition coefficient (Wildman–Crippen LogP) is 3.81. The lowest BCUT2D eigenvalue weighted by atomic mass is 10.2. The summed E-state index contributed by atoms with van der Waals surface area (Å²) >= 11 is 5.76. The van der Waals surface area contributed by atoms with Crippen molar-refractivity contribution < 1.29 is 18.4 Å². The van der Waals surface area contributed by atoms with Crippen LogP contribution in [0.4, 0.5) is 8.78 Å². The Balaban J connectivity index is 2.07. The fourth-order valence-electron chi connectivity index (χ4n) is 1.43. The van der Waals surface area contributed by atoms with Crippen molar-refractivity contribution in [2.75, 3.05) is 0 Å². The summed E-state index contributed by atoms with van der Waals surface area (Å²) in [7, 11) is 0. The molecule has 6 heteroatoms. The van der Waals surface area contributed by atoms with Crippen molar-refractivity contribution in [3.05, 3.63) is 70.2 Å². The van der Waals surface area contributed by atoms with Crippen LogP contribution in [0.3, 0.4) is 0 Å². The molecule has 0 spiro atoms. The number of carbonyl (C=O) groups is 1. The maximum atomic E-state index is 13.3. The Kier molecular flexibility index (Phi) is 4.42. The molecule has 0 aliphatic carbocycles. The van der Waals surface area contributed by atoms with Crippen LogP contribution in [0.1, 0.15) is 15.9 Å². The Bertz CT molecular complexity index is 674. The lowest BCUT2D eigenvalue weighted by Gasteiger charge is -2.00. The van der Waals surface area contributed by atoms with Crippen molar-refractivity contribution in [1.82, 2.24) is 0 Å². The molecular formula is C14H8ClF2NO2. The van der Waals surface area contributed by atoms with Crippen molar-refractivity contribution in [2.24, 2.45) is 5.16 Å². The van der Waals surface area contributed by atoms with E-state index in [1.807, 2.05) is 0 Å². The van der Waals surface area contributed by atoms with Crippen LogP contribution in [-0.2, 0) is 4.84 Å². The molecular weight excluding hydrogens is 288 g/mol. The number of halogens is 3. The second kappa shape index (κ2) is 6.25. The lowest BCUT2D eigenvalue weighted by Crippen LogP contribution is -2.05. The van der Waals surface area contributed by atoms with Gasteiger partial charge in [0.25, 0.3) is 0 Å². The molecule has 20 heavy (non-hydrogen) atoms. The molecule has 0 atom stereocenters. The van der Waals surface area contributed by atoms with Crippen molar-refractivity contribution in [1.29, 1.82) is 0 Å². The van der Waals surface area contributed by atoms with Crippen LogP contribution in [0.5, 0.6) is 0 Å². The zero-order valence-corrected chi connectivity index (χ0v) is 10.8. The van der Waals surface area contributed by atoms with E-state index in [0.717, 1.165) is 12.1 Å². The first-order chi connectivity index (χ1) is 9.58. The third kappa shape index (κ3) is 3.39. The fourth-order valence-corrected chi connectivity index (χ4v) is 1.63. The zero-order valence-electron chi connectivity index (χ0n) is 10.0. The SMILES string of the molecule is O=C(O/N=C/c1cccc(Cl)c1)c1cccc(F)c1F. The summed E-state index contributed by atoms with van der Waals surface area (Å²) in [6.45, 7) is 0. The third-order valence-electron chi connectivity index (χ3n) is 2.36. The number of oxime groups is 1. The second-order valence-corrected chi connectivity index (χ2v) is 4.21. The van der Waals surface area contributed by atoms with Gasteiger partial charge in [-0.1, -0.05) is 35.0 Å². The minimum atomic E-state index is -1.27. The maximum absolute atomic E-state index is 13.3. The summed E-state index contributed by atoms with van der Waals surface area (Å²) in [5, 5.41) is 3.90. The number of hydrogen-bond donors (Lipinski definition) is 0. The number of carbonyl (C=O) groups excluding carboxylic acids is 1. The largest absolute Gasteiger partial charge is 0.368 e. The van der Waals surface area contributed by atoms with Crippen LogP contribution in [0.15, 0.2) is 47.6 Å². The Morgan fingerprint density at radius 1 is 1.20 bits per heavy atom. The first kappa shape index (κ1) is 14.1. The van der Waals surface area contributed by atoms with Gasteiger partial charge in [0.05, 0.1) is 6.21 Å². The number of hydrogen-bond acceptors (Lipinski definition) is 3. The molecule has 0 saturated heterocycles. The highest BCUT2D eigenvalue weighted by Crippen LogP contribution is 2.13. The average Bonchev–Trinajstić information content (AvgIpc) is 2.42. The summed E-state index contributed by atoms with van der Waals surface area (Å²) in [6.07, 6.45) is 1.24. The molecule has 102 valence electrons. The molecule has 0 heterocycles. The van der Waals surface area contributed by atoms with Crippen LogP contribution in [0.2, 0.25) is 5.02 Å². The zero-order chi connectivity index (χ0) is 14.5. The molecule has 2 aromatic rings. The Morgan fingerprint density at radius 3 is 2.70 bits per heavy atom. The first-order valence-electron chi connectivity index (χ1n) is 5.52. The van der Waals surface area contributed by atoms with Crippen molar-refractivity contribution in [3.63, 3.8) is 0 Å². The Hall–Kier alpha value is -2.27. The second-order valence-electron chi connectivity index (χ2n) is 3.77. The topological polar surface area (TPSA) is 38.7 Å². The van der Waals surface area contributed by atoms with Gasteiger partial charge < -0.3 is 4.84 Å². The molecule has 0 fully saturated rings. The molecule has 2 aromatic carbocycles. The number of benzene rings is 2. The maximum Gasteiger partial charge on any atom is 0.368 e. The van der Waals surface area contributed by atoms with E-state index in [1.165, 1.54) is 12.3 Å². The Labute approximate surface area is 118 Å². The highest BCUT2D eigenvalue weighted by Gasteiger charge is 2.16. The van der Waals surface area contributed by atoms with E-state index >= 15 is 0 Å². The van der Waals surface area contributed by atoms with E-state index in [1.54, 1.807) is 24.3 Å². The Morgan fingerprint density at radius 2 is 1.95 bits per heavy atom. The highest BCUT2D eigenvalue weighted by atomic mass is 35.5. The van der Waals surface area contributed by atoms with E-state index in [2.05, 4.69) is 9.99 Å². The molecule has 0 N–H and O–H groups in total. The first-order valence-corrected chi connectivity index (χ1v) is 5.90. The van der Waals surface area contributed by atoms with Gasteiger partial charge in [0.1, 0.15) is 5.56 Å². The third-order valence-corrected chi connectivity index (χ3v) is 2.59. The summed E-state index contributed by atoms with van der Waals surface area (Å²) in [4.78, 5) is 16.0. The van der Waals surface area contributed by atoms with Gasteiger partial charge in [-0.25, -0.2) is 13.6 Å². The van der Waals surface area contributed by atoms with Crippen LogP contribution in [-0.4, -0.2) is 12.2 Å². The number of rotatable bonds is 3. The van der Waals surface area contributed by atoms with Gasteiger partial charge in [-0.05, 0) is 29.8 Å². The minimum absolute atomic E-state index is 0.497. The monoisotopic (exact) mass is 295 g/mol. The van der Waals surface area contributed by atoms with E-state index in [-0.39, 0.29) is 0 Å². The average molecular weight is 296 g/mol. The van der Waals surface area contributed by atoms with Gasteiger partial charge in [0.15, 0.2) is 11.6 Å². The molecule has 0 amide bonds. The molecule has 0 saturated carbocycles. The molecule has 2 rings (SSSR count). The van der Waals surface area contributed by atoms with E-state index in [0.29, 0.717) is 10.6 Å². The van der Waals surface area contributed by atoms with Gasteiger partial charge >= 0.3 is 5.97 Å². The molecule has 3 nitrogen and oxygen atoms in total. The number of nitrogens with zero attached hydrogens (tertiary/aromatic N) is 1. The molecule has 0 radical (unpaired) electrons. The van der Waals surface area contributed by atoms with Gasteiger partial charge in [0.2, 0.25) is 0 Å². The van der Waals surface area contributed by atoms with Gasteiger partial charge in [-0.15, -0.1) is 0 Å². The highest BCUT2D eigenvalue weighted by molar-refractivity contribution is 6.30. The molecule has 0 aliphatic rings. The van der Waals surface area contributed by atoms with Crippen LogP contribution >= 0.6 is 11.6 Å². The van der Waals surface area contributed by atoms with Crippen molar-refractivity contribution >= 4 is 23.8 Å². The smallest absolute Gasteiger partial charge is 0.313 e. The van der Waals surface area contributed by atoms with E-state index in [9.17, 15) is 13.6 Å². The van der Waals surface area contributed by atoms with Gasteiger partial charge in [0, 0.05) is 5.02 Å². The summed E-state index contributed by atoms with van der Waals surface area (Å²) in [5.41, 5.74) is 0.0817. The van der Waals surface area contributed by atoms with Crippen molar-refractivity contribution in [3.8, 4) is 0 Å². The van der Waals surface area contributed by atoms with E-state index in [4.69, 9.17) is 11.6 Å². The standard InChI is InChI=1S/C14H8ClF2NO2/c15-10-4-1-3-9(7-10)8-18-20-14(19)11-5-2-6-12(16)13(11)17/h1-8H/b18-8+. The molecule has 0 aromatic heterocycles. The normalized spacial score (nSPS) is 10.8. The van der Waals surface area contributed by atoms with Crippen LogP contribution in [0.25, 0.3) is 0 Å². The van der Waals surface area contributed by atoms with Crippen LogP contribution < -0.4 is 0 Å². The minimum Gasteiger partial charge on any atom is -0.313 e. The fraction of sp³-hybridized carbons (Fsp3) is 0. The van der Waals surface area contributed by atoms with Crippen molar-refractivity contribution in [2.45, 2.75) is 0 Å². The van der Waals surface area contributed by atoms with Crippen LogP contribution in [0, 0.1) is 11.6 Å². The lowest BCUT2D eigenvalue weighted by molar-refractivity contribution is 0.0512. The molecule has 0 bridgehead atoms. The summed E-state index contributed by atoms with van der Waals surface area (Å²) < 4.78 is 26.2. The summed E-state index contributed by atoms with van der Waals surface area (Å²) in [5.74, 6) is -3.48. The predicted molar refractivity (Wildman–Crippen MR) is 70.8 cm³/mol. The summed E-state index contributed by atoms with van der Waals surface area (Å²) in [6, 6.07) is 9.87.